The van der Waals surface area contributed by atoms with Crippen LogP contribution in [0.15, 0.2) is 18.2 Å². The highest BCUT2D eigenvalue weighted by molar-refractivity contribution is 7.14. The van der Waals surface area contributed by atoms with E-state index in [4.69, 9.17) is 9.84 Å². The van der Waals surface area contributed by atoms with Gasteiger partial charge in [0.15, 0.2) is 0 Å². The second-order valence-corrected chi connectivity index (χ2v) is 5.33. The smallest absolute Gasteiger partial charge is 0.328 e. The SMILES string of the molecule is O=C(O)C=Cc1ccc(C(=O)NCC2CCCO2)s1. The molecule has 2 rings (SSSR count). The number of amides is 1. The fraction of sp³-hybridized carbons (Fsp3) is 0.385. The van der Waals surface area contributed by atoms with Crippen LogP contribution < -0.4 is 5.32 Å². The Labute approximate surface area is 114 Å². The highest BCUT2D eigenvalue weighted by Crippen LogP contribution is 2.18. The number of carboxylic acids is 1. The number of carbonyl (C=O) groups is 2. The predicted octanol–water partition coefficient (Wildman–Crippen LogP) is 1.75. The van der Waals surface area contributed by atoms with Gasteiger partial charge in [-0.2, -0.15) is 0 Å². The van der Waals surface area contributed by atoms with Crippen LogP contribution in [0.4, 0.5) is 0 Å². The van der Waals surface area contributed by atoms with Crippen molar-refractivity contribution in [1.29, 1.82) is 0 Å². The summed E-state index contributed by atoms with van der Waals surface area (Å²) in [7, 11) is 0. The molecule has 1 unspecified atom stereocenters. The number of thiophene rings is 1. The molecule has 102 valence electrons. The largest absolute Gasteiger partial charge is 0.478 e. The second kappa shape index (κ2) is 6.49. The summed E-state index contributed by atoms with van der Waals surface area (Å²) < 4.78 is 5.42. The Morgan fingerprint density at radius 2 is 2.37 bits per heavy atom. The minimum Gasteiger partial charge on any atom is -0.478 e. The first-order valence-corrected chi connectivity index (χ1v) is 6.87. The number of carboxylic acid groups (broad SMARTS) is 1. The number of carbonyl (C=O) groups excluding carboxylic acids is 1. The third-order valence-corrected chi connectivity index (χ3v) is 3.80. The van der Waals surface area contributed by atoms with Crippen molar-refractivity contribution in [3.63, 3.8) is 0 Å². The summed E-state index contributed by atoms with van der Waals surface area (Å²) in [5.74, 6) is -1.15. The van der Waals surface area contributed by atoms with Gasteiger partial charge in [0, 0.05) is 24.1 Å². The number of nitrogens with one attached hydrogen (secondary N) is 1. The van der Waals surface area contributed by atoms with Crippen molar-refractivity contribution in [2.45, 2.75) is 18.9 Å². The highest BCUT2D eigenvalue weighted by atomic mass is 32.1. The van der Waals surface area contributed by atoms with E-state index in [2.05, 4.69) is 5.32 Å². The van der Waals surface area contributed by atoms with E-state index in [1.165, 1.54) is 17.4 Å². The summed E-state index contributed by atoms with van der Waals surface area (Å²) in [6, 6.07) is 3.42. The zero-order valence-electron chi connectivity index (χ0n) is 10.3. The average molecular weight is 281 g/mol. The molecular weight excluding hydrogens is 266 g/mol. The lowest BCUT2D eigenvalue weighted by molar-refractivity contribution is -0.131. The number of ether oxygens (including phenoxy) is 1. The number of hydrogen-bond acceptors (Lipinski definition) is 4. The first-order valence-electron chi connectivity index (χ1n) is 6.06. The van der Waals surface area contributed by atoms with E-state index in [9.17, 15) is 9.59 Å². The molecule has 1 aromatic heterocycles. The fourth-order valence-electron chi connectivity index (χ4n) is 1.82. The summed E-state index contributed by atoms with van der Waals surface area (Å²) in [6.07, 6.45) is 4.68. The first kappa shape index (κ1) is 13.8. The van der Waals surface area contributed by atoms with Crippen LogP contribution in [0.25, 0.3) is 6.08 Å². The van der Waals surface area contributed by atoms with Crippen LogP contribution in [0, 0.1) is 0 Å². The van der Waals surface area contributed by atoms with Crippen molar-refractivity contribution in [2.24, 2.45) is 0 Å². The molecule has 6 heteroatoms. The average Bonchev–Trinajstić information content (AvgIpc) is 3.04. The molecule has 0 aromatic carbocycles. The Morgan fingerprint density at radius 1 is 1.53 bits per heavy atom. The van der Waals surface area contributed by atoms with E-state index in [0.717, 1.165) is 30.4 Å². The maximum Gasteiger partial charge on any atom is 0.328 e. The quantitative estimate of drug-likeness (QED) is 0.806. The van der Waals surface area contributed by atoms with E-state index >= 15 is 0 Å². The van der Waals surface area contributed by atoms with Crippen LogP contribution in [-0.4, -0.2) is 36.2 Å². The van der Waals surface area contributed by atoms with Gasteiger partial charge in [-0.25, -0.2) is 4.79 Å². The van der Waals surface area contributed by atoms with Gasteiger partial charge in [0.25, 0.3) is 5.91 Å². The molecule has 0 radical (unpaired) electrons. The standard InChI is InChI=1S/C13H15NO4S/c15-12(16)6-4-10-3-5-11(19-10)13(17)14-8-9-2-1-7-18-9/h3-6,9H,1-2,7-8H2,(H,14,17)(H,15,16). The van der Waals surface area contributed by atoms with Gasteiger partial charge in [0.05, 0.1) is 11.0 Å². The van der Waals surface area contributed by atoms with Crippen molar-refractivity contribution >= 4 is 29.3 Å². The number of hydrogen-bond donors (Lipinski definition) is 2. The molecule has 0 bridgehead atoms. The van der Waals surface area contributed by atoms with E-state index in [1.807, 2.05) is 0 Å². The van der Waals surface area contributed by atoms with Crippen LogP contribution in [-0.2, 0) is 9.53 Å². The number of aliphatic carboxylic acids is 1. The Bertz CT molecular complexity index is 489. The molecule has 0 spiro atoms. The van der Waals surface area contributed by atoms with Crippen LogP contribution in [0.5, 0.6) is 0 Å². The molecular formula is C13H15NO4S. The normalized spacial score (nSPS) is 18.8. The zero-order chi connectivity index (χ0) is 13.7. The van der Waals surface area contributed by atoms with Gasteiger partial charge in [-0.05, 0) is 31.1 Å². The topological polar surface area (TPSA) is 75.6 Å². The third kappa shape index (κ3) is 4.18. The molecule has 1 aliphatic heterocycles. The minimum atomic E-state index is -1.00. The lowest BCUT2D eigenvalue weighted by Gasteiger charge is -2.09. The van der Waals surface area contributed by atoms with Crippen LogP contribution in [0.3, 0.4) is 0 Å². The molecule has 2 heterocycles. The molecule has 1 fully saturated rings. The van der Waals surface area contributed by atoms with Gasteiger partial charge in [-0.15, -0.1) is 11.3 Å². The molecule has 1 saturated heterocycles. The molecule has 0 saturated carbocycles. The molecule has 5 nitrogen and oxygen atoms in total. The highest BCUT2D eigenvalue weighted by Gasteiger charge is 2.17. The van der Waals surface area contributed by atoms with Gasteiger partial charge in [-0.1, -0.05) is 0 Å². The van der Waals surface area contributed by atoms with E-state index in [0.29, 0.717) is 11.4 Å². The predicted molar refractivity (Wildman–Crippen MR) is 72.3 cm³/mol. The zero-order valence-corrected chi connectivity index (χ0v) is 11.1. The Balaban J connectivity index is 1.86. The van der Waals surface area contributed by atoms with Gasteiger partial charge < -0.3 is 15.2 Å². The lowest BCUT2D eigenvalue weighted by atomic mass is 10.2. The van der Waals surface area contributed by atoms with E-state index < -0.39 is 5.97 Å². The van der Waals surface area contributed by atoms with Crippen LogP contribution >= 0.6 is 11.3 Å². The van der Waals surface area contributed by atoms with E-state index in [1.54, 1.807) is 12.1 Å². The third-order valence-electron chi connectivity index (χ3n) is 2.76. The molecule has 1 amide bonds. The van der Waals surface area contributed by atoms with Crippen molar-refractivity contribution in [1.82, 2.24) is 5.32 Å². The summed E-state index contributed by atoms with van der Waals surface area (Å²) >= 11 is 1.26. The first-order chi connectivity index (χ1) is 9.15. The van der Waals surface area contributed by atoms with Gasteiger partial charge >= 0.3 is 5.97 Å². The Morgan fingerprint density at radius 3 is 3.05 bits per heavy atom. The van der Waals surface area contributed by atoms with Gasteiger partial charge in [0.2, 0.25) is 0 Å². The maximum atomic E-state index is 11.9. The second-order valence-electron chi connectivity index (χ2n) is 4.22. The Hall–Kier alpha value is -1.66. The summed E-state index contributed by atoms with van der Waals surface area (Å²) in [6.45, 7) is 1.29. The fourth-order valence-corrected chi connectivity index (χ4v) is 2.64. The Kier molecular flexibility index (Phi) is 4.70. The van der Waals surface area contributed by atoms with Crippen LogP contribution in [0.2, 0.25) is 0 Å². The molecule has 1 aromatic rings. The lowest BCUT2D eigenvalue weighted by Crippen LogP contribution is -2.31. The molecule has 1 aliphatic rings. The van der Waals surface area contributed by atoms with Gasteiger partial charge in [-0.3, -0.25) is 4.79 Å². The number of rotatable bonds is 5. The summed E-state index contributed by atoms with van der Waals surface area (Å²) in [5, 5.41) is 11.3. The van der Waals surface area contributed by atoms with Crippen molar-refractivity contribution in [2.75, 3.05) is 13.2 Å². The van der Waals surface area contributed by atoms with Crippen molar-refractivity contribution in [3.05, 3.63) is 28.0 Å². The molecule has 0 aliphatic carbocycles. The molecule has 1 atom stereocenters. The monoisotopic (exact) mass is 281 g/mol. The van der Waals surface area contributed by atoms with Crippen molar-refractivity contribution < 1.29 is 19.4 Å². The summed E-state index contributed by atoms with van der Waals surface area (Å²) in [5.41, 5.74) is 0. The molecule has 2 N–H and O–H groups in total. The van der Waals surface area contributed by atoms with Crippen LogP contribution in [0.1, 0.15) is 27.4 Å². The van der Waals surface area contributed by atoms with Gasteiger partial charge in [0.1, 0.15) is 0 Å². The minimum absolute atomic E-state index is 0.121. The van der Waals surface area contributed by atoms with Crippen molar-refractivity contribution in [3.8, 4) is 0 Å². The summed E-state index contributed by atoms with van der Waals surface area (Å²) in [4.78, 5) is 23.6. The van der Waals surface area contributed by atoms with E-state index in [-0.39, 0.29) is 12.0 Å². The maximum absolute atomic E-state index is 11.9. The molecule has 19 heavy (non-hydrogen) atoms.